The van der Waals surface area contributed by atoms with Gasteiger partial charge in [0.15, 0.2) is 11.6 Å². The van der Waals surface area contributed by atoms with Crippen LogP contribution in [0.3, 0.4) is 0 Å². The number of carbonyl (C=O) groups excluding carboxylic acids is 2. The number of rotatable bonds is 6. The summed E-state index contributed by atoms with van der Waals surface area (Å²) in [4.78, 5) is 30.0. The molecule has 170 valence electrons. The number of hydrogen-bond acceptors (Lipinski definition) is 4. The number of nitrogens with zero attached hydrogens (tertiary/aromatic N) is 2. The Kier molecular flexibility index (Phi) is 6.20. The number of halogens is 1. The van der Waals surface area contributed by atoms with Crippen molar-refractivity contribution >= 4 is 11.8 Å². The minimum atomic E-state index is -0.558. The topological polar surface area (TPSA) is 61.9 Å². The van der Waals surface area contributed by atoms with Gasteiger partial charge in [-0.1, -0.05) is 30.3 Å². The van der Waals surface area contributed by atoms with Crippen molar-refractivity contribution in [3.05, 3.63) is 65.5 Å². The molecule has 0 aliphatic carbocycles. The number of benzene rings is 2. The number of likely N-dealkylation sites (tertiary alicyclic amines) is 2. The van der Waals surface area contributed by atoms with Gasteiger partial charge in [0.05, 0.1) is 13.0 Å². The maximum atomic E-state index is 14.1. The fourth-order valence-electron chi connectivity index (χ4n) is 4.94. The standard InChI is InChI=1S/C25H30FN3O3/c1-17(2)27-23(30)20-13-28(12-18-7-5-4-6-8-18)14-25(20)15-29(16-25)24(31)19-9-10-22(32-3)21(26)11-19/h4-11,17,20H,12-16H2,1-3H3,(H,27,30). The molecule has 1 spiro atoms. The molecule has 1 N–H and O–H groups in total. The van der Waals surface area contributed by atoms with Crippen molar-refractivity contribution in [1.82, 2.24) is 15.1 Å². The number of carbonyl (C=O) groups is 2. The SMILES string of the molecule is COc1ccc(C(=O)N2CC3(CN(Cc4ccccc4)CC3C(=O)NC(C)C)C2)cc1F. The second-order valence-electron chi connectivity index (χ2n) is 9.24. The molecule has 0 bridgehead atoms. The fourth-order valence-corrected chi connectivity index (χ4v) is 4.94. The second-order valence-corrected chi connectivity index (χ2v) is 9.24. The zero-order chi connectivity index (χ0) is 22.9. The molecule has 6 nitrogen and oxygen atoms in total. The first-order valence-corrected chi connectivity index (χ1v) is 11.0. The molecule has 7 heteroatoms. The molecule has 2 aliphatic rings. The van der Waals surface area contributed by atoms with Crippen LogP contribution in [0, 0.1) is 17.2 Å². The molecule has 2 amide bonds. The van der Waals surface area contributed by atoms with Crippen LogP contribution in [0.15, 0.2) is 48.5 Å². The van der Waals surface area contributed by atoms with Gasteiger partial charge in [-0.05, 0) is 37.6 Å². The molecule has 0 aromatic heterocycles. The van der Waals surface area contributed by atoms with Crippen LogP contribution in [0.5, 0.6) is 5.75 Å². The van der Waals surface area contributed by atoms with E-state index in [1.54, 1.807) is 11.0 Å². The maximum absolute atomic E-state index is 14.1. The van der Waals surface area contributed by atoms with E-state index in [0.717, 1.165) is 13.1 Å². The maximum Gasteiger partial charge on any atom is 0.254 e. The van der Waals surface area contributed by atoms with Crippen molar-refractivity contribution in [3.8, 4) is 5.75 Å². The number of ether oxygens (including phenoxy) is 1. The van der Waals surface area contributed by atoms with Crippen LogP contribution in [0.25, 0.3) is 0 Å². The van der Waals surface area contributed by atoms with E-state index in [0.29, 0.717) is 25.2 Å². The molecule has 2 aromatic rings. The first-order chi connectivity index (χ1) is 15.3. The molecular formula is C25H30FN3O3. The lowest BCUT2D eigenvalue weighted by atomic mass is 9.71. The average molecular weight is 440 g/mol. The van der Waals surface area contributed by atoms with Gasteiger partial charge in [-0.2, -0.15) is 0 Å². The summed E-state index contributed by atoms with van der Waals surface area (Å²) in [6.45, 7) is 7.06. The molecule has 0 radical (unpaired) electrons. The molecule has 2 heterocycles. The molecule has 2 aliphatic heterocycles. The lowest BCUT2D eigenvalue weighted by Crippen LogP contribution is -2.64. The van der Waals surface area contributed by atoms with E-state index in [1.165, 1.54) is 24.8 Å². The van der Waals surface area contributed by atoms with Gasteiger partial charge in [-0.25, -0.2) is 4.39 Å². The third-order valence-electron chi connectivity index (χ3n) is 6.41. The Balaban J connectivity index is 1.49. The molecule has 2 saturated heterocycles. The van der Waals surface area contributed by atoms with Crippen LogP contribution in [0.2, 0.25) is 0 Å². The van der Waals surface area contributed by atoms with Gasteiger partial charge in [-0.3, -0.25) is 14.5 Å². The largest absolute Gasteiger partial charge is 0.494 e. The van der Waals surface area contributed by atoms with E-state index in [9.17, 15) is 14.0 Å². The van der Waals surface area contributed by atoms with Crippen LogP contribution in [-0.2, 0) is 11.3 Å². The van der Waals surface area contributed by atoms with Gasteiger partial charge in [0, 0.05) is 49.7 Å². The summed E-state index contributed by atoms with van der Waals surface area (Å²) < 4.78 is 19.0. The van der Waals surface area contributed by atoms with Gasteiger partial charge >= 0.3 is 0 Å². The summed E-state index contributed by atoms with van der Waals surface area (Å²) in [7, 11) is 1.39. The third kappa shape index (κ3) is 4.35. The van der Waals surface area contributed by atoms with E-state index in [-0.39, 0.29) is 34.9 Å². The molecule has 2 fully saturated rings. The van der Waals surface area contributed by atoms with E-state index in [2.05, 4.69) is 22.3 Å². The summed E-state index contributed by atoms with van der Waals surface area (Å²) in [6.07, 6.45) is 0. The molecule has 0 saturated carbocycles. The van der Waals surface area contributed by atoms with Gasteiger partial charge in [0.25, 0.3) is 5.91 Å². The van der Waals surface area contributed by atoms with Crippen LogP contribution >= 0.6 is 0 Å². The van der Waals surface area contributed by atoms with Crippen molar-refractivity contribution in [2.75, 3.05) is 33.3 Å². The van der Waals surface area contributed by atoms with Crippen molar-refractivity contribution < 1.29 is 18.7 Å². The first kappa shape index (κ1) is 22.3. The highest BCUT2D eigenvalue weighted by molar-refractivity contribution is 5.95. The predicted octanol–water partition coefficient (Wildman–Crippen LogP) is 2.93. The van der Waals surface area contributed by atoms with Gasteiger partial charge in [0.1, 0.15) is 0 Å². The highest BCUT2D eigenvalue weighted by Crippen LogP contribution is 2.45. The number of hydrogen-bond donors (Lipinski definition) is 1. The van der Waals surface area contributed by atoms with Crippen LogP contribution < -0.4 is 10.1 Å². The fraction of sp³-hybridized carbons (Fsp3) is 0.440. The minimum Gasteiger partial charge on any atom is -0.494 e. The highest BCUT2D eigenvalue weighted by atomic mass is 19.1. The second kappa shape index (κ2) is 8.90. The Labute approximate surface area is 188 Å². The normalized spacial score (nSPS) is 19.8. The van der Waals surface area contributed by atoms with Crippen LogP contribution in [0.4, 0.5) is 4.39 Å². The smallest absolute Gasteiger partial charge is 0.254 e. The zero-order valence-corrected chi connectivity index (χ0v) is 18.8. The van der Waals surface area contributed by atoms with Crippen LogP contribution in [0.1, 0.15) is 29.8 Å². The van der Waals surface area contributed by atoms with Gasteiger partial charge in [-0.15, -0.1) is 0 Å². The highest BCUT2D eigenvalue weighted by Gasteiger charge is 2.57. The lowest BCUT2D eigenvalue weighted by Gasteiger charge is -2.50. The summed E-state index contributed by atoms with van der Waals surface area (Å²) in [6, 6.07) is 14.5. The first-order valence-electron chi connectivity index (χ1n) is 11.0. The van der Waals surface area contributed by atoms with E-state index >= 15 is 0 Å². The Morgan fingerprint density at radius 1 is 1.16 bits per heavy atom. The Morgan fingerprint density at radius 2 is 1.88 bits per heavy atom. The van der Waals surface area contributed by atoms with E-state index in [1.807, 2.05) is 32.0 Å². The summed E-state index contributed by atoms with van der Waals surface area (Å²) >= 11 is 0. The molecular weight excluding hydrogens is 409 g/mol. The lowest BCUT2D eigenvalue weighted by molar-refractivity contribution is -0.131. The van der Waals surface area contributed by atoms with Crippen molar-refractivity contribution in [2.24, 2.45) is 11.3 Å². The average Bonchev–Trinajstić information content (AvgIpc) is 3.12. The number of methoxy groups -OCH3 is 1. The monoisotopic (exact) mass is 439 g/mol. The molecule has 1 atom stereocenters. The molecule has 32 heavy (non-hydrogen) atoms. The molecule has 2 aromatic carbocycles. The minimum absolute atomic E-state index is 0.0400. The van der Waals surface area contributed by atoms with Crippen LogP contribution in [-0.4, -0.2) is 60.9 Å². The predicted molar refractivity (Wildman–Crippen MR) is 120 cm³/mol. The number of amides is 2. The Hall–Kier alpha value is -2.93. The summed E-state index contributed by atoms with van der Waals surface area (Å²) in [5.74, 6) is -0.817. The third-order valence-corrected chi connectivity index (χ3v) is 6.41. The summed E-state index contributed by atoms with van der Waals surface area (Å²) in [5, 5.41) is 3.06. The van der Waals surface area contributed by atoms with Crippen molar-refractivity contribution in [1.29, 1.82) is 0 Å². The van der Waals surface area contributed by atoms with Crippen molar-refractivity contribution in [2.45, 2.75) is 26.4 Å². The quantitative estimate of drug-likeness (QED) is 0.752. The summed E-state index contributed by atoms with van der Waals surface area (Å²) in [5.41, 5.74) is 1.21. The van der Waals surface area contributed by atoms with Gasteiger partial charge in [0.2, 0.25) is 5.91 Å². The van der Waals surface area contributed by atoms with Crippen molar-refractivity contribution in [3.63, 3.8) is 0 Å². The number of nitrogens with one attached hydrogen (secondary N) is 1. The Bertz CT molecular complexity index is 989. The molecule has 4 rings (SSSR count). The Morgan fingerprint density at radius 3 is 2.50 bits per heavy atom. The van der Waals surface area contributed by atoms with E-state index in [4.69, 9.17) is 4.74 Å². The zero-order valence-electron chi connectivity index (χ0n) is 18.8. The van der Waals surface area contributed by atoms with Gasteiger partial charge < -0.3 is 15.0 Å². The molecule has 1 unspecified atom stereocenters. The van der Waals surface area contributed by atoms with E-state index < -0.39 is 5.82 Å².